The molecule has 78 valence electrons. The number of hydrogen-bond acceptors (Lipinski definition) is 3. The number of nitrogens with one attached hydrogen (secondary N) is 1. The molecule has 1 atom stereocenters. The van der Waals surface area contributed by atoms with Gasteiger partial charge in [0.15, 0.2) is 5.66 Å². The van der Waals surface area contributed by atoms with Gasteiger partial charge in [-0.25, -0.2) is 4.79 Å². The largest absolute Gasteiger partial charge is 0.414 e. The summed E-state index contributed by atoms with van der Waals surface area (Å²) in [6, 6.07) is -0.458. The van der Waals surface area contributed by atoms with Gasteiger partial charge in [-0.15, -0.1) is 5.48 Å². The zero-order valence-electron chi connectivity index (χ0n) is 8.41. The first-order chi connectivity index (χ1) is 6.52. The minimum atomic E-state index is -0.571. The highest BCUT2D eigenvalue weighted by Gasteiger charge is 2.60. The third kappa shape index (κ3) is 1.02. The van der Waals surface area contributed by atoms with Gasteiger partial charge in [0.2, 0.25) is 0 Å². The molecule has 1 aliphatic carbocycles. The van der Waals surface area contributed by atoms with Crippen molar-refractivity contribution < 1.29 is 9.63 Å². The molecule has 2 amide bonds. The first-order valence-corrected chi connectivity index (χ1v) is 4.66. The Hall–Kier alpha value is -1.23. The average Bonchev–Trinajstić information content (AvgIpc) is 2.70. The molecule has 0 aromatic rings. The molecule has 0 aromatic heterocycles. The quantitative estimate of drug-likeness (QED) is 0.679. The number of likely N-dealkylation sites (N-methyl/N-ethyl adjacent to an activating group) is 1. The Kier molecular flexibility index (Phi) is 1.75. The molecule has 0 aromatic carbocycles. The fraction of sp³-hybridized carbons (Fsp3) is 0.667. The minimum Gasteiger partial charge on any atom is -0.414 e. The molecule has 3 N–H and O–H groups in total. The van der Waals surface area contributed by atoms with Gasteiger partial charge in [-0.1, -0.05) is 6.92 Å². The lowest BCUT2D eigenvalue weighted by molar-refractivity contribution is -0.00889. The van der Waals surface area contributed by atoms with Crippen molar-refractivity contribution in [3.63, 3.8) is 0 Å². The van der Waals surface area contributed by atoms with Gasteiger partial charge in [0, 0.05) is 12.5 Å². The van der Waals surface area contributed by atoms with Crippen LogP contribution < -0.4 is 11.2 Å². The molecule has 0 saturated heterocycles. The third-order valence-corrected chi connectivity index (χ3v) is 3.37. The second-order valence-electron chi connectivity index (χ2n) is 4.25. The van der Waals surface area contributed by atoms with Crippen molar-refractivity contribution in [2.45, 2.75) is 25.4 Å². The van der Waals surface area contributed by atoms with E-state index in [2.05, 4.69) is 12.4 Å². The van der Waals surface area contributed by atoms with Gasteiger partial charge in [0.25, 0.3) is 0 Å². The zero-order valence-corrected chi connectivity index (χ0v) is 8.41. The topological polar surface area (TPSA) is 67.6 Å². The zero-order chi connectivity index (χ0) is 10.4. The number of primary amides is 1. The maximum atomic E-state index is 11.2. The molecular formula is C9H15N3O2. The van der Waals surface area contributed by atoms with E-state index < -0.39 is 11.7 Å². The summed E-state index contributed by atoms with van der Waals surface area (Å²) in [6.45, 7) is 2.11. The number of hydroxylamine groups is 1. The normalized spacial score (nSPS) is 32.4. The van der Waals surface area contributed by atoms with Gasteiger partial charge in [-0.3, -0.25) is 0 Å². The maximum Gasteiger partial charge on any atom is 0.316 e. The van der Waals surface area contributed by atoms with Crippen molar-refractivity contribution in [3.8, 4) is 0 Å². The number of carbonyl (C=O) groups is 1. The van der Waals surface area contributed by atoms with Gasteiger partial charge in [0.05, 0.1) is 0 Å². The van der Waals surface area contributed by atoms with Crippen LogP contribution in [0.3, 0.4) is 0 Å². The van der Waals surface area contributed by atoms with Gasteiger partial charge < -0.3 is 15.5 Å². The molecule has 2 rings (SSSR count). The fourth-order valence-corrected chi connectivity index (χ4v) is 1.94. The molecule has 14 heavy (non-hydrogen) atoms. The van der Waals surface area contributed by atoms with Crippen LogP contribution in [0.2, 0.25) is 0 Å². The van der Waals surface area contributed by atoms with Crippen LogP contribution in [0.1, 0.15) is 19.8 Å². The molecular weight excluding hydrogens is 182 g/mol. The molecule has 5 nitrogen and oxygen atoms in total. The molecule has 0 radical (unpaired) electrons. The van der Waals surface area contributed by atoms with Crippen molar-refractivity contribution in [1.82, 2.24) is 10.4 Å². The SMILES string of the molecule is CN(C(N)=O)C1(C2(C)CC2)C=CON1. The van der Waals surface area contributed by atoms with Crippen LogP contribution in [0.4, 0.5) is 4.79 Å². The summed E-state index contributed by atoms with van der Waals surface area (Å²) in [5, 5.41) is 0. The molecule has 5 heteroatoms. The summed E-state index contributed by atoms with van der Waals surface area (Å²) in [5.41, 5.74) is 7.61. The second-order valence-corrected chi connectivity index (χ2v) is 4.25. The molecule has 1 unspecified atom stereocenters. The lowest BCUT2D eigenvalue weighted by Crippen LogP contribution is -2.61. The van der Waals surface area contributed by atoms with Crippen molar-refractivity contribution in [1.29, 1.82) is 0 Å². The monoisotopic (exact) mass is 197 g/mol. The molecule has 1 fully saturated rings. The lowest BCUT2D eigenvalue weighted by atomic mass is 9.90. The Morgan fingerprint density at radius 1 is 1.64 bits per heavy atom. The van der Waals surface area contributed by atoms with E-state index in [1.54, 1.807) is 13.3 Å². The number of amides is 2. The van der Waals surface area contributed by atoms with Crippen LogP contribution >= 0.6 is 0 Å². The van der Waals surface area contributed by atoms with Crippen LogP contribution in [-0.4, -0.2) is 23.6 Å². The number of nitrogens with zero attached hydrogens (tertiary/aromatic N) is 1. The molecule has 0 spiro atoms. The Bertz CT molecular complexity index is 298. The van der Waals surface area contributed by atoms with Crippen LogP contribution in [-0.2, 0) is 4.84 Å². The fourth-order valence-electron chi connectivity index (χ4n) is 1.94. The molecule has 2 aliphatic rings. The van der Waals surface area contributed by atoms with Crippen molar-refractivity contribution in [3.05, 3.63) is 12.3 Å². The van der Waals surface area contributed by atoms with Crippen molar-refractivity contribution >= 4 is 6.03 Å². The smallest absolute Gasteiger partial charge is 0.316 e. The van der Waals surface area contributed by atoms with E-state index in [0.29, 0.717) is 0 Å². The molecule has 1 saturated carbocycles. The molecule has 0 bridgehead atoms. The second kappa shape index (κ2) is 2.63. The Labute approximate surface area is 82.8 Å². The molecule has 1 heterocycles. The number of carbonyl (C=O) groups excluding carboxylic acids is 1. The first-order valence-electron chi connectivity index (χ1n) is 4.66. The van der Waals surface area contributed by atoms with Crippen LogP contribution in [0.15, 0.2) is 12.3 Å². The predicted molar refractivity (Wildman–Crippen MR) is 50.8 cm³/mol. The number of nitrogens with two attached hydrogens (primary N) is 1. The summed E-state index contributed by atoms with van der Waals surface area (Å²) in [4.78, 5) is 17.7. The Balaban J connectivity index is 2.31. The first kappa shape index (κ1) is 9.33. The van der Waals surface area contributed by atoms with E-state index >= 15 is 0 Å². The van der Waals surface area contributed by atoms with Crippen molar-refractivity contribution in [2.24, 2.45) is 11.1 Å². The van der Waals surface area contributed by atoms with Crippen molar-refractivity contribution in [2.75, 3.05) is 7.05 Å². The molecule has 1 aliphatic heterocycles. The van der Waals surface area contributed by atoms with E-state index in [9.17, 15) is 4.79 Å². The highest BCUT2D eigenvalue weighted by Crippen LogP contribution is 2.56. The standard InChI is InChI=1S/C9H15N3O2/c1-8(3-4-8)9(5-6-14-11-9)12(2)7(10)13/h5-6,11H,3-4H2,1-2H3,(H2,10,13). The van der Waals surface area contributed by atoms with E-state index in [4.69, 9.17) is 10.6 Å². The number of urea groups is 1. The van der Waals surface area contributed by atoms with Gasteiger partial charge in [0.1, 0.15) is 6.26 Å². The van der Waals surface area contributed by atoms with E-state index in [0.717, 1.165) is 12.8 Å². The average molecular weight is 197 g/mol. The van der Waals surface area contributed by atoms with Crippen LogP contribution in [0, 0.1) is 5.41 Å². The summed E-state index contributed by atoms with van der Waals surface area (Å²) in [7, 11) is 1.68. The summed E-state index contributed by atoms with van der Waals surface area (Å²) in [5.74, 6) is 0. The third-order valence-electron chi connectivity index (χ3n) is 3.37. The Morgan fingerprint density at radius 3 is 2.64 bits per heavy atom. The summed E-state index contributed by atoms with van der Waals surface area (Å²) < 4.78 is 0. The highest BCUT2D eigenvalue weighted by molar-refractivity contribution is 5.73. The maximum absolute atomic E-state index is 11.2. The van der Waals surface area contributed by atoms with Crippen LogP contribution in [0.5, 0.6) is 0 Å². The van der Waals surface area contributed by atoms with Crippen LogP contribution in [0.25, 0.3) is 0 Å². The Morgan fingerprint density at radius 2 is 2.29 bits per heavy atom. The van der Waals surface area contributed by atoms with Gasteiger partial charge in [-0.2, -0.15) is 0 Å². The summed E-state index contributed by atoms with van der Waals surface area (Å²) >= 11 is 0. The number of hydrogen-bond donors (Lipinski definition) is 2. The van der Waals surface area contributed by atoms with E-state index in [1.807, 2.05) is 6.08 Å². The van der Waals surface area contributed by atoms with Gasteiger partial charge >= 0.3 is 6.03 Å². The predicted octanol–water partition coefficient (Wildman–Crippen LogP) is 0.542. The minimum absolute atomic E-state index is 0.0315. The van der Waals surface area contributed by atoms with E-state index in [-0.39, 0.29) is 5.41 Å². The number of rotatable bonds is 2. The highest BCUT2D eigenvalue weighted by atomic mass is 16.7. The summed E-state index contributed by atoms with van der Waals surface area (Å²) in [6.07, 6.45) is 5.53. The van der Waals surface area contributed by atoms with E-state index in [1.165, 1.54) is 4.90 Å². The van der Waals surface area contributed by atoms with Gasteiger partial charge in [-0.05, 0) is 18.9 Å². The lowest BCUT2D eigenvalue weighted by Gasteiger charge is -2.40.